The molecule has 0 aliphatic heterocycles. The van der Waals surface area contributed by atoms with Crippen molar-refractivity contribution in [3.05, 3.63) is 78.0 Å². The number of aromatic nitrogens is 2. The second-order valence-electron chi connectivity index (χ2n) is 15.9. The minimum absolute atomic E-state index is 0.0292. The summed E-state index contributed by atoms with van der Waals surface area (Å²) in [6, 6.07) is 12.0. The average Bonchev–Trinajstić information content (AvgIpc) is 3.07. The Balaban J connectivity index is 1.71. The maximum atomic E-state index is 16.8. The van der Waals surface area contributed by atoms with Crippen LogP contribution in [0.25, 0.3) is 21.9 Å². The smallest absolute Gasteiger partial charge is 0.424 e. The van der Waals surface area contributed by atoms with Crippen molar-refractivity contribution in [2.24, 2.45) is 0 Å². The van der Waals surface area contributed by atoms with E-state index in [0.717, 1.165) is 5.56 Å². The van der Waals surface area contributed by atoms with Crippen LogP contribution in [0.4, 0.5) is 40.8 Å². The van der Waals surface area contributed by atoms with Gasteiger partial charge in [0.2, 0.25) is 5.91 Å². The highest BCUT2D eigenvalue weighted by Crippen LogP contribution is 2.39. The number of benzene rings is 2. The van der Waals surface area contributed by atoms with Gasteiger partial charge < -0.3 is 29.6 Å². The molecular formula is C41H49FN6O9. The Morgan fingerprint density at radius 2 is 1.37 bits per heavy atom. The van der Waals surface area contributed by atoms with Crippen molar-refractivity contribution in [2.75, 3.05) is 22.1 Å². The number of carbonyl (C=O) groups is 5. The van der Waals surface area contributed by atoms with Crippen molar-refractivity contribution in [1.82, 2.24) is 15.3 Å². The fourth-order valence-corrected chi connectivity index (χ4v) is 5.22. The quantitative estimate of drug-likeness (QED) is 0.137. The zero-order valence-corrected chi connectivity index (χ0v) is 33.8. The third-order valence-corrected chi connectivity index (χ3v) is 7.56. The van der Waals surface area contributed by atoms with Gasteiger partial charge in [-0.05, 0) is 97.9 Å². The zero-order valence-electron chi connectivity index (χ0n) is 33.8. The maximum Gasteiger partial charge on any atom is 0.424 e. The highest BCUT2D eigenvalue weighted by atomic mass is 19.1. The monoisotopic (exact) mass is 788 g/mol. The molecule has 5 amide bonds. The number of halogens is 1. The number of imide groups is 1. The molecule has 2 aromatic heterocycles. The molecule has 304 valence electrons. The molecular weight excluding hydrogens is 739 g/mol. The molecule has 0 spiro atoms. The number of alkyl carbamates (subject to hydrolysis) is 1. The molecule has 4 aromatic rings. The molecule has 2 heterocycles. The van der Waals surface area contributed by atoms with Crippen LogP contribution in [0.2, 0.25) is 0 Å². The third-order valence-electron chi connectivity index (χ3n) is 7.56. The lowest BCUT2D eigenvalue weighted by Crippen LogP contribution is -2.44. The van der Waals surface area contributed by atoms with Crippen molar-refractivity contribution < 1.29 is 47.3 Å². The van der Waals surface area contributed by atoms with Crippen LogP contribution in [0.15, 0.2) is 61.1 Å². The summed E-state index contributed by atoms with van der Waals surface area (Å²) in [6.45, 7) is 16.4. The number of nitrogens with zero attached hydrogens (tertiary/aromatic N) is 3. The van der Waals surface area contributed by atoms with E-state index in [2.05, 4.69) is 25.9 Å². The molecule has 0 unspecified atom stereocenters. The molecule has 0 aliphatic rings. The highest BCUT2D eigenvalue weighted by Gasteiger charge is 2.35. The van der Waals surface area contributed by atoms with Crippen molar-refractivity contribution in [3.8, 4) is 11.1 Å². The third kappa shape index (κ3) is 12.6. The van der Waals surface area contributed by atoms with Gasteiger partial charge in [0.25, 0.3) is 0 Å². The van der Waals surface area contributed by atoms with Gasteiger partial charge in [0.1, 0.15) is 29.2 Å². The van der Waals surface area contributed by atoms with E-state index >= 15 is 4.39 Å². The first-order valence-corrected chi connectivity index (χ1v) is 18.1. The maximum absolute atomic E-state index is 16.8. The van der Waals surface area contributed by atoms with Gasteiger partial charge in [0.05, 0.1) is 17.6 Å². The summed E-state index contributed by atoms with van der Waals surface area (Å²) in [6.07, 6.45) is 0.0139. The SMILES string of the molecule is Cc1c(-c2cc3cc(NC(=O)CCNC(=O)OCc4ccccc4)ncc3c(NC(=O)OC(C)(C)C)c2F)cncc1N(C(=O)OC(C)(C)C)C(=O)OC(C)(C)C. The zero-order chi connectivity index (χ0) is 42.3. The van der Waals surface area contributed by atoms with E-state index in [0.29, 0.717) is 10.3 Å². The number of carbonyl (C=O) groups excluding carboxylic acids is 5. The first-order valence-electron chi connectivity index (χ1n) is 18.1. The molecule has 16 heteroatoms. The van der Waals surface area contributed by atoms with Crippen molar-refractivity contribution >= 4 is 58.2 Å². The molecule has 0 atom stereocenters. The largest absolute Gasteiger partial charge is 0.445 e. The summed E-state index contributed by atoms with van der Waals surface area (Å²) < 4.78 is 38.4. The van der Waals surface area contributed by atoms with Gasteiger partial charge in [-0.25, -0.2) is 28.6 Å². The highest BCUT2D eigenvalue weighted by molar-refractivity contribution is 6.11. The number of ether oxygens (including phenoxy) is 4. The minimum Gasteiger partial charge on any atom is -0.445 e. The summed E-state index contributed by atoms with van der Waals surface area (Å²) in [5.74, 6) is -1.30. The Bertz CT molecular complexity index is 2110. The van der Waals surface area contributed by atoms with E-state index in [1.807, 2.05) is 30.3 Å². The van der Waals surface area contributed by atoms with E-state index in [9.17, 15) is 24.0 Å². The molecule has 0 fully saturated rings. The van der Waals surface area contributed by atoms with Crippen LogP contribution in [-0.4, -0.2) is 63.6 Å². The average molecular weight is 789 g/mol. The Labute approximate surface area is 330 Å². The summed E-state index contributed by atoms with van der Waals surface area (Å²) in [5, 5.41) is 8.16. The standard InChI is InChI=1S/C41H49FN6O9/c1-24-28(20-43-22-30(24)48(37(52)56-40(5,6)7)38(53)57-41(8,9)10)27-18-26-19-31(45-21-29(26)34(33(27)42)47-36(51)55-39(2,3)4)46-32(49)16-17-44-35(50)54-23-25-14-12-11-13-15-25/h11-15,18-22H,16-17,23H2,1-10H3,(H,44,50)(H,47,51)(H,45,46,49). The number of fused-ring (bicyclic) bond motifs is 1. The number of rotatable bonds is 9. The first-order chi connectivity index (χ1) is 26.5. The number of pyridine rings is 2. The van der Waals surface area contributed by atoms with Gasteiger partial charge >= 0.3 is 24.4 Å². The summed E-state index contributed by atoms with van der Waals surface area (Å²) in [7, 11) is 0. The van der Waals surface area contributed by atoms with E-state index < -0.39 is 52.9 Å². The molecule has 0 bridgehead atoms. The van der Waals surface area contributed by atoms with Crippen LogP contribution in [0.3, 0.4) is 0 Å². The number of hydrogen-bond donors (Lipinski definition) is 3. The predicted octanol–water partition coefficient (Wildman–Crippen LogP) is 9.02. The van der Waals surface area contributed by atoms with Gasteiger partial charge in [0, 0.05) is 41.9 Å². The van der Waals surface area contributed by atoms with Gasteiger partial charge in [-0.15, -0.1) is 0 Å². The fraction of sp³-hybridized carbons (Fsp3) is 0.390. The van der Waals surface area contributed by atoms with Crippen molar-refractivity contribution in [2.45, 2.75) is 99.1 Å². The van der Waals surface area contributed by atoms with Crippen molar-refractivity contribution in [1.29, 1.82) is 0 Å². The molecule has 0 radical (unpaired) electrons. The predicted molar refractivity (Wildman–Crippen MR) is 212 cm³/mol. The van der Waals surface area contributed by atoms with E-state index in [4.69, 9.17) is 18.9 Å². The fourth-order valence-electron chi connectivity index (χ4n) is 5.22. The molecule has 4 rings (SSSR count). The minimum atomic E-state index is -1.05. The Hall–Kier alpha value is -6.32. The van der Waals surface area contributed by atoms with Crippen LogP contribution >= 0.6 is 0 Å². The second kappa shape index (κ2) is 17.6. The van der Waals surface area contributed by atoms with Crippen LogP contribution < -0.4 is 20.9 Å². The number of nitrogens with one attached hydrogen (secondary N) is 3. The van der Waals surface area contributed by atoms with Crippen LogP contribution in [0.1, 0.15) is 79.9 Å². The van der Waals surface area contributed by atoms with E-state index in [1.54, 1.807) is 69.2 Å². The Morgan fingerprint density at radius 3 is 1.96 bits per heavy atom. The summed E-state index contributed by atoms with van der Waals surface area (Å²) in [4.78, 5) is 74.2. The molecule has 15 nitrogen and oxygen atoms in total. The number of anilines is 3. The number of hydrogen-bond acceptors (Lipinski definition) is 11. The van der Waals surface area contributed by atoms with Gasteiger partial charge in [0.15, 0.2) is 5.82 Å². The van der Waals surface area contributed by atoms with Crippen LogP contribution in [-0.2, 0) is 30.3 Å². The van der Waals surface area contributed by atoms with Crippen molar-refractivity contribution in [3.63, 3.8) is 0 Å². The first kappa shape index (κ1) is 43.4. The summed E-state index contributed by atoms with van der Waals surface area (Å²) in [5.41, 5.74) is -2.13. The summed E-state index contributed by atoms with van der Waals surface area (Å²) >= 11 is 0. The molecule has 0 aliphatic carbocycles. The molecule has 0 saturated heterocycles. The normalized spacial score (nSPS) is 11.6. The Kier molecular flexibility index (Phi) is 13.4. The van der Waals surface area contributed by atoms with E-state index in [1.165, 1.54) is 30.7 Å². The topological polar surface area (TPSA) is 187 Å². The second-order valence-corrected chi connectivity index (χ2v) is 15.9. The Morgan fingerprint density at radius 1 is 0.754 bits per heavy atom. The van der Waals surface area contributed by atoms with Gasteiger partial charge in [-0.3, -0.25) is 15.1 Å². The number of amides is 5. The van der Waals surface area contributed by atoms with Crippen LogP contribution in [0, 0.1) is 12.7 Å². The van der Waals surface area contributed by atoms with Gasteiger partial charge in [-0.1, -0.05) is 30.3 Å². The van der Waals surface area contributed by atoms with Crippen LogP contribution in [0.5, 0.6) is 0 Å². The molecule has 2 aromatic carbocycles. The lowest BCUT2D eigenvalue weighted by Gasteiger charge is -2.29. The molecule has 0 saturated carbocycles. The van der Waals surface area contributed by atoms with Gasteiger partial charge in [-0.2, -0.15) is 4.90 Å². The molecule has 3 N–H and O–H groups in total. The lowest BCUT2D eigenvalue weighted by molar-refractivity contribution is -0.116. The lowest BCUT2D eigenvalue weighted by atomic mass is 9.97. The van der Waals surface area contributed by atoms with E-state index in [-0.39, 0.29) is 58.8 Å². The molecule has 57 heavy (non-hydrogen) atoms.